The van der Waals surface area contributed by atoms with Gasteiger partial charge in [0.2, 0.25) is 17.3 Å². The molecule has 0 aliphatic carbocycles. The number of allylic oxidation sites excluding steroid dienone is 3. The summed E-state index contributed by atoms with van der Waals surface area (Å²) in [5, 5.41) is 0. The van der Waals surface area contributed by atoms with Crippen LogP contribution in [0.5, 0.6) is 0 Å². The highest BCUT2D eigenvalue weighted by molar-refractivity contribution is 7.85. The summed E-state index contributed by atoms with van der Waals surface area (Å²) in [5.74, 6) is -0.576. The van der Waals surface area contributed by atoms with Crippen molar-refractivity contribution in [1.82, 2.24) is 0 Å². The molecule has 43 heavy (non-hydrogen) atoms. The third kappa shape index (κ3) is 7.60. The van der Waals surface area contributed by atoms with Crippen LogP contribution in [0.1, 0.15) is 83.8 Å². The van der Waals surface area contributed by atoms with E-state index in [4.69, 9.17) is 5.73 Å². The molecule has 2 aromatic carbocycles. The maximum Gasteiger partial charge on any atom is 0.217 e. The van der Waals surface area contributed by atoms with Crippen LogP contribution in [0, 0.1) is 0 Å². The number of fused-ring (bicyclic) bond motifs is 2. The zero-order valence-corrected chi connectivity index (χ0v) is 26.8. The molecule has 4 rings (SSSR count). The molecule has 2 aliphatic rings. The summed E-state index contributed by atoms with van der Waals surface area (Å²) < 4.78 is 38.0. The summed E-state index contributed by atoms with van der Waals surface area (Å²) >= 11 is 0. The molecule has 7 nitrogen and oxygen atoms in total. The number of rotatable bonds is 14. The lowest BCUT2D eigenvalue weighted by Gasteiger charge is -2.22. The summed E-state index contributed by atoms with van der Waals surface area (Å²) in [6.07, 6.45) is 15.8. The highest BCUT2D eigenvalue weighted by Gasteiger charge is 2.48. The Morgan fingerprint density at radius 1 is 0.930 bits per heavy atom. The normalized spacial score (nSPS) is 19.9. The fourth-order valence-corrected chi connectivity index (χ4v) is 7.17. The zero-order valence-electron chi connectivity index (χ0n) is 26.0. The molecule has 2 N–H and O–H groups in total. The fourth-order valence-electron chi connectivity index (χ4n) is 6.61. The Bertz CT molecular complexity index is 1560. The maximum absolute atomic E-state index is 11.1. The van der Waals surface area contributed by atoms with Crippen molar-refractivity contribution in [2.75, 3.05) is 12.3 Å². The largest absolute Gasteiger partial charge is 0.748 e. The number of benzene rings is 2. The first-order chi connectivity index (χ1) is 20.3. The SMILES string of the molecule is CC1(C)C(/C=C/C=C/C[C@H]2[N+](=CCCCCC(N)=O)c3ccccc3C2(C)C)=[N+](CCCCS(=O)(=O)[O-])c2ccccc21. The van der Waals surface area contributed by atoms with Crippen molar-refractivity contribution >= 4 is 39.3 Å². The van der Waals surface area contributed by atoms with Crippen LogP contribution in [0.2, 0.25) is 0 Å². The minimum absolute atomic E-state index is 0.0351. The van der Waals surface area contributed by atoms with E-state index < -0.39 is 10.1 Å². The number of amides is 1. The van der Waals surface area contributed by atoms with Crippen molar-refractivity contribution < 1.29 is 26.9 Å². The molecule has 0 unspecified atom stereocenters. The Hall–Kier alpha value is -3.36. The van der Waals surface area contributed by atoms with E-state index in [0.29, 0.717) is 25.8 Å². The molecular weight excluding hydrogens is 558 g/mol. The first-order valence-electron chi connectivity index (χ1n) is 15.3. The molecule has 0 spiro atoms. The van der Waals surface area contributed by atoms with Crippen LogP contribution in [-0.4, -0.2) is 58.3 Å². The molecule has 0 saturated carbocycles. The van der Waals surface area contributed by atoms with Gasteiger partial charge in [-0.25, -0.2) is 8.42 Å². The average Bonchev–Trinajstić information content (AvgIpc) is 3.29. The Morgan fingerprint density at radius 2 is 1.60 bits per heavy atom. The lowest BCUT2D eigenvalue weighted by atomic mass is 9.79. The van der Waals surface area contributed by atoms with Gasteiger partial charge in [-0.3, -0.25) is 4.79 Å². The van der Waals surface area contributed by atoms with Crippen LogP contribution in [-0.2, 0) is 25.7 Å². The molecule has 8 heteroatoms. The van der Waals surface area contributed by atoms with Gasteiger partial charge in [0.05, 0.1) is 20.9 Å². The van der Waals surface area contributed by atoms with Gasteiger partial charge in [-0.2, -0.15) is 9.15 Å². The molecule has 0 saturated heterocycles. The van der Waals surface area contributed by atoms with Crippen LogP contribution in [0.3, 0.4) is 0 Å². The van der Waals surface area contributed by atoms with Crippen molar-refractivity contribution in [2.24, 2.45) is 5.73 Å². The van der Waals surface area contributed by atoms with Gasteiger partial charge in [0, 0.05) is 60.8 Å². The second-order valence-electron chi connectivity index (χ2n) is 12.7. The number of carbonyl (C=O) groups excluding carboxylic acids is 1. The number of carbonyl (C=O) groups is 1. The highest BCUT2D eigenvalue weighted by Crippen LogP contribution is 2.45. The van der Waals surface area contributed by atoms with Gasteiger partial charge in [-0.1, -0.05) is 54.6 Å². The Labute approximate surface area is 257 Å². The highest BCUT2D eigenvalue weighted by atomic mass is 32.2. The van der Waals surface area contributed by atoms with Gasteiger partial charge in [0.1, 0.15) is 12.8 Å². The smallest absolute Gasteiger partial charge is 0.217 e. The second-order valence-corrected chi connectivity index (χ2v) is 14.3. The molecule has 0 radical (unpaired) electrons. The van der Waals surface area contributed by atoms with Crippen molar-refractivity contribution in [3.63, 3.8) is 0 Å². The predicted molar refractivity (Wildman–Crippen MR) is 173 cm³/mol. The summed E-state index contributed by atoms with van der Waals surface area (Å²) in [6.45, 7) is 9.70. The van der Waals surface area contributed by atoms with Crippen LogP contribution >= 0.6 is 0 Å². The molecule has 0 aromatic heterocycles. The third-order valence-corrected chi connectivity index (χ3v) is 9.72. The van der Waals surface area contributed by atoms with Gasteiger partial charge in [0.15, 0.2) is 11.8 Å². The first kappa shape index (κ1) is 32.6. The number of unbranched alkanes of at least 4 members (excludes halogenated alkanes) is 3. The van der Waals surface area contributed by atoms with Crippen LogP contribution in [0.15, 0.2) is 72.8 Å². The Balaban J connectivity index is 1.51. The quantitative estimate of drug-likeness (QED) is 0.123. The van der Waals surface area contributed by atoms with E-state index in [1.807, 2.05) is 6.07 Å². The van der Waals surface area contributed by atoms with E-state index in [-0.39, 0.29) is 28.5 Å². The third-order valence-electron chi connectivity index (χ3n) is 8.93. The minimum atomic E-state index is -4.21. The zero-order chi connectivity index (χ0) is 31.3. The number of nitrogens with zero attached hydrogens (tertiary/aromatic N) is 2. The van der Waals surface area contributed by atoms with Crippen LogP contribution < -0.4 is 5.73 Å². The molecule has 230 valence electrons. The molecule has 2 aromatic rings. The van der Waals surface area contributed by atoms with E-state index in [0.717, 1.165) is 37.1 Å². The molecule has 0 bridgehead atoms. The van der Waals surface area contributed by atoms with E-state index in [1.165, 1.54) is 16.8 Å². The summed E-state index contributed by atoms with van der Waals surface area (Å²) in [4.78, 5) is 11.1. The maximum atomic E-state index is 11.1. The fraction of sp³-hybridized carbons (Fsp3) is 0.457. The van der Waals surface area contributed by atoms with E-state index in [9.17, 15) is 17.8 Å². The minimum Gasteiger partial charge on any atom is -0.748 e. The topological polar surface area (TPSA) is 106 Å². The predicted octanol–water partition coefficient (Wildman–Crippen LogP) is 6.01. The molecular formula is C35H46N3O4S+. The van der Waals surface area contributed by atoms with Gasteiger partial charge < -0.3 is 10.3 Å². The first-order valence-corrected chi connectivity index (χ1v) is 16.9. The Kier molecular flexibility index (Phi) is 10.2. The second kappa shape index (κ2) is 13.5. The van der Waals surface area contributed by atoms with E-state index in [1.54, 1.807) is 0 Å². The lowest BCUT2D eigenvalue weighted by molar-refractivity contribution is -0.479. The number of nitrogens with two attached hydrogens (primary N) is 1. The van der Waals surface area contributed by atoms with Gasteiger partial charge in [-0.15, -0.1) is 0 Å². The molecule has 2 aliphatic heterocycles. The van der Waals surface area contributed by atoms with Gasteiger partial charge >= 0.3 is 0 Å². The lowest BCUT2D eigenvalue weighted by Crippen LogP contribution is -2.34. The van der Waals surface area contributed by atoms with Gasteiger partial charge in [0.25, 0.3) is 0 Å². The summed E-state index contributed by atoms with van der Waals surface area (Å²) in [5.41, 5.74) is 11.2. The molecule has 1 atom stereocenters. The van der Waals surface area contributed by atoms with E-state index >= 15 is 0 Å². The average molecular weight is 605 g/mol. The van der Waals surface area contributed by atoms with Crippen molar-refractivity contribution in [2.45, 2.75) is 89.5 Å². The molecule has 0 fully saturated rings. The van der Waals surface area contributed by atoms with Crippen molar-refractivity contribution in [3.8, 4) is 0 Å². The Morgan fingerprint density at radius 3 is 2.30 bits per heavy atom. The summed E-state index contributed by atoms with van der Waals surface area (Å²) in [7, 11) is -4.21. The van der Waals surface area contributed by atoms with E-state index in [2.05, 4.69) is 110 Å². The molecule has 2 heterocycles. The monoisotopic (exact) mass is 604 g/mol. The molecule has 1 amide bonds. The van der Waals surface area contributed by atoms with Crippen LogP contribution in [0.25, 0.3) is 0 Å². The number of hydrogen-bond donors (Lipinski definition) is 1. The van der Waals surface area contributed by atoms with Crippen molar-refractivity contribution in [3.05, 3.63) is 84.0 Å². The standard InChI is InChI=1S/C35H45N3O4S/c1-34(2)27-17-10-12-19-29(27)37(24-14-6-9-23-33(36)39)31(34)21-7-5-8-22-32-35(3,4)28-18-11-13-20-30(28)38(32)25-15-16-26-43(40,41)42/h5,7-8,10-13,17-20,22,24,31H,6,9,14-16,21,23,25-26H2,1-4H3,(H-2,36,39,40,41,42)/p+1/b7-5+,22-8+,37-24?/t31-/m1/s1. The summed E-state index contributed by atoms with van der Waals surface area (Å²) in [6, 6.07) is 17.2. The number of para-hydroxylation sites is 2. The van der Waals surface area contributed by atoms with Gasteiger partial charge in [-0.05, 0) is 47.0 Å². The van der Waals surface area contributed by atoms with Crippen LogP contribution in [0.4, 0.5) is 11.4 Å². The number of hydrogen-bond acceptors (Lipinski definition) is 4. The van der Waals surface area contributed by atoms with Crippen molar-refractivity contribution in [1.29, 1.82) is 0 Å². The number of primary amides is 1.